The van der Waals surface area contributed by atoms with Crippen molar-refractivity contribution in [3.8, 4) is 0 Å². The molecule has 1 aliphatic rings. The highest BCUT2D eigenvalue weighted by Crippen LogP contribution is 2.19. The van der Waals surface area contributed by atoms with Crippen molar-refractivity contribution < 1.29 is 13.9 Å². The predicted octanol–water partition coefficient (Wildman–Crippen LogP) is 2.14. The van der Waals surface area contributed by atoms with Crippen LogP contribution < -0.4 is 5.32 Å². The van der Waals surface area contributed by atoms with E-state index in [9.17, 15) is 9.18 Å². The van der Waals surface area contributed by atoms with Crippen molar-refractivity contribution in [3.63, 3.8) is 0 Å². The Hall–Kier alpha value is -1.88. The zero-order valence-corrected chi connectivity index (χ0v) is 11.1. The molecule has 1 atom stereocenters. The fraction of sp³-hybridized carbons (Fsp3) is 0.400. The average Bonchev–Trinajstić information content (AvgIpc) is 3.07. The Labute approximate surface area is 116 Å². The molecule has 1 saturated heterocycles. The number of hydrogen-bond acceptors (Lipinski definition) is 2. The first-order valence-corrected chi connectivity index (χ1v) is 6.86. The molecule has 0 spiro atoms. The Morgan fingerprint density at radius 3 is 3.20 bits per heavy atom. The van der Waals surface area contributed by atoms with Gasteiger partial charge < -0.3 is 15.0 Å². The van der Waals surface area contributed by atoms with Gasteiger partial charge in [-0.2, -0.15) is 0 Å². The number of carbonyl (C=O) groups is 1. The normalized spacial score (nSPS) is 18.6. The third-order valence-electron chi connectivity index (χ3n) is 3.63. The zero-order chi connectivity index (χ0) is 13.9. The number of rotatable bonds is 4. The van der Waals surface area contributed by atoms with Crippen LogP contribution in [-0.4, -0.2) is 30.1 Å². The number of hydrogen-bond donors (Lipinski definition) is 2. The SMILES string of the molecule is O=C(Cc1c[nH]c2ccc(F)cc12)NCC1CCCO1. The molecule has 1 aliphatic heterocycles. The lowest BCUT2D eigenvalue weighted by molar-refractivity contribution is -0.120. The molecule has 0 aliphatic carbocycles. The lowest BCUT2D eigenvalue weighted by Gasteiger charge is -2.10. The maximum absolute atomic E-state index is 13.3. The molecule has 2 N–H and O–H groups in total. The van der Waals surface area contributed by atoms with E-state index in [0.717, 1.165) is 35.9 Å². The summed E-state index contributed by atoms with van der Waals surface area (Å²) in [6, 6.07) is 4.53. The van der Waals surface area contributed by atoms with Gasteiger partial charge in [0.1, 0.15) is 5.82 Å². The molecule has 3 rings (SSSR count). The Morgan fingerprint density at radius 2 is 2.40 bits per heavy atom. The van der Waals surface area contributed by atoms with Gasteiger partial charge in [0.25, 0.3) is 0 Å². The van der Waals surface area contributed by atoms with Gasteiger partial charge in [-0.25, -0.2) is 4.39 Å². The second kappa shape index (κ2) is 5.63. The summed E-state index contributed by atoms with van der Waals surface area (Å²) < 4.78 is 18.7. The second-order valence-electron chi connectivity index (χ2n) is 5.12. The second-order valence-corrected chi connectivity index (χ2v) is 5.12. The van der Waals surface area contributed by atoms with Gasteiger partial charge in [0.15, 0.2) is 0 Å². The van der Waals surface area contributed by atoms with Gasteiger partial charge in [0.2, 0.25) is 5.91 Å². The van der Waals surface area contributed by atoms with Crippen molar-refractivity contribution in [2.24, 2.45) is 0 Å². The van der Waals surface area contributed by atoms with E-state index in [1.54, 1.807) is 12.3 Å². The highest BCUT2D eigenvalue weighted by Gasteiger charge is 2.16. The molecule has 1 unspecified atom stereocenters. The third kappa shape index (κ3) is 2.82. The number of aromatic nitrogens is 1. The number of fused-ring (bicyclic) bond motifs is 1. The summed E-state index contributed by atoms with van der Waals surface area (Å²) in [5.74, 6) is -0.358. The van der Waals surface area contributed by atoms with Gasteiger partial charge in [-0.05, 0) is 36.6 Å². The summed E-state index contributed by atoms with van der Waals surface area (Å²) in [5, 5.41) is 3.63. The minimum Gasteiger partial charge on any atom is -0.376 e. The molecule has 1 aromatic carbocycles. The number of halogens is 1. The molecule has 106 valence electrons. The zero-order valence-electron chi connectivity index (χ0n) is 11.1. The maximum atomic E-state index is 13.3. The molecule has 5 heteroatoms. The quantitative estimate of drug-likeness (QED) is 0.899. The summed E-state index contributed by atoms with van der Waals surface area (Å²) in [7, 11) is 0. The number of carbonyl (C=O) groups excluding carboxylic acids is 1. The number of aromatic amines is 1. The van der Waals surface area contributed by atoms with Gasteiger partial charge in [-0.1, -0.05) is 0 Å². The molecule has 4 nitrogen and oxygen atoms in total. The Balaban J connectivity index is 1.63. The van der Waals surface area contributed by atoms with E-state index in [0.29, 0.717) is 6.54 Å². The number of benzene rings is 1. The van der Waals surface area contributed by atoms with Crippen LogP contribution in [0, 0.1) is 5.82 Å². The predicted molar refractivity (Wildman–Crippen MR) is 73.9 cm³/mol. The molecule has 0 saturated carbocycles. The number of nitrogens with one attached hydrogen (secondary N) is 2. The van der Waals surface area contributed by atoms with E-state index < -0.39 is 0 Å². The van der Waals surface area contributed by atoms with E-state index in [1.807, 2.05) is 0 Å². The molecule has 2 aromatic rings. The molecule has 1 aromatic heterocycles. The lowest BCUT2D eigenvalue weighted by atomic mass is 10.1. The van der Waals surface area contributed by atoms with Gasteiger partial charge in [-0.3, -0.25) is 4.79 Å². The molecule has 20 heavy (non-hydrogen) atoms. The summed E-state index contributed by atoms with van der Waals surface area (Å²) in [5.41, 5.74) is 1.65. The molecule has 2 heterocycles. The number of ether oxygens (including phenoxy) is 1. The molecular formula is C15H17FN2O2. The van der Waals surface area contributed by atoms with Crippen molar-refractivity contribution in [2.75, 3.05) is 13.2 Å². The Kier molecular flexibility index (Phi) is 3.69. The Bertz CT molecular complexity index is 617. The van der Waals surface area contributed by atoms with Gasteiger partial charge in [0, 0.05) is 30.3 Å². The van der Waals surface area contributed by atoms with Crippen LogP contribution in [0.1, 0.15) is 18.4 Å². The van der Waals surface area contributed by atoms with Gasteiger partial charge in [0.05, 0.1) is 12.5 Å². The van der Waals surface area contributed by atoms with Crippen molar-refractivity contribution >= 4 is 16.8 Å². The Morgan fingerprint density at radius 1 is 1.50 bits per heavy atom. The van der Waals surface area contributed by atoms with E-state index in [1.165, 1.54) is 12.1 Å². The van der Waals surface area contributed by atoms with E-state index in [-0.39, 0.29) is 24.2 Å². The lowest BCUT2D eigenvalue weighted by Crippen LogP contribution is -2.32. The van der Waals surface area contributed by atoms with Crippen molar-refractivity contribution in [1.82, 2.24) is 10.3 Å². The minimum atomic E-state index is -0.293. The fourth-order valence-corrected chi connectivity index (χ4v) is 2.57. The van der Waals surface area contributed by atoms with Crippen LogP contribution in [-0.2, 0) is 16.0 Å². The number of amides is 1. The topological polar surface area (TPSA) is 54.1 Å². The van der Waals surface area contributed by atoms with Crippen LogP contribution >= 0.6 is 0 Å². The molecule has 1 amide bonds. The standard InChI is InChI=1S/C15H17FN2O2/c16-11-3-4-14-13(7-11)10(8-17-14)6-15(19)18-9-12-2-1-5-20-12/h3-4,7-8,12,17H,1-2,5-6,9H2,(H,18,19). The first kappa shape index (κ1) is 13.1. The van der Waals surface area contributed by atoms with Crippen LogP contribution in [0.25, 0.3) is 10.9 Å². The van der Waals surface area contributed by atoms with Gasteiger partial charge >= 0.3 is 0 Å². The first-order chi connectivity index (χ1) is 9.72. The van der Waals surface area contributed by atoms with Crippen LogP contribution in [0.5, 0.6) is 0 Å². The highest BCUT2D eigenvalue weighted by atomic mass is 19.1. The van der Waals surface area contributed by atoms with Crippen molar-refractivity contribution in [3.05, 3.63) is 35.8 Å². The summed E-state index contributed by atoms with van der Waals surface area (Å²) in [6.45, 7) is 1.33. The molecule has 0 radical (unpaired) electrons. The first-order valence-electron chi connectivity index (χ1n) is 6.86. The molecule has 0 bridgehead atoms. The summed E-state index contributed by atoms with van der Waals surface area (Å²) >= 11 is 0. The van der Waals surface area contributed by atoms with E-state index in [4.69, 9.17) is 4.74 Å². The fourth-order valence-electron chi connectivity index (χ4n) is 2.57. The van der Waals surface area contributed by atoms with Gasteiger partial charge in [-0.15, -0.1) is 0 Å². The van der Waals surface area contributed by atoms with Crippen LogP contribution in [0.2, 0.25) is 0 Å². The summed E-state index contributed by atoms with van der Waals surface area (Å²) in [4.78, 5) is 15.0. The highest BCUT2D eigenvalue weighted by molar-refractivity contribution is 5.88. The van der Waals surface area contributed by atoms with E-state index >= 15 is 0 Å². The van der Waals surface area contributed by atoms with E-state index in [2.05, 4.69) is 10.3 Å². The van der Waals surface area contributed by atoms with Crippen LogP contribution in [0.15, 0.2) is 24.4 Å². The average molecular weight is 276 g/mol. The maximum Gasteiger partial charge on any atom is 0.224 e. The monoisotopic (exact) mass is 276 g/mol. The summed E-state index contributed by atoms with van der Waals surface area (Å²) in [6.07, 6.45) is 4.20. The van der Waals surface area contributed by atoms with Crippen LogP contribution in [0.4, 0.5) is 4.39 Å². The van der Waals surface area contributed by atoms with Crippen molar-refractivity contribution in [1.29, 1.82) is 0 Å². The smallest absolute Gasteiger partial charge is 0.224 e. The number of H-pyrrole nitrogens is 1. The molecular weight excluding hydrogens is 259 g/mol. The third-order valence-corrected chi connectivity index (χ3v) is 3.63. The largest absolute Gasteiger partial charge is 0.376 e. The minimum absolute atomic E-state index is 0.0642. The molecule has 1 fully saturated rings. The van der Waals surface area contributed by atoms with Crippen LogP contribution in [0.3, 0.4) is 0 Å². The van der Waals surface area contributed by atoms with Crippen molar-refractivity contribution in [2.45, 2.75) is 25.4 Å².